The molecule has 2 aromatic carbocycles. The van der Waals surface area contributed by atoms with E-state index in [2.05, 4.69) is 5.32 Å². The van der Waals surface area contributed by atoms with Gasteiger partial charge in [-0.05, 0) is 61.4 Å². The molecule has 1 saturated carbocycles. The van der Waals surface area contributed by atoms with Crippen LogP contribution in [0.3, 0.4) is 0 Å². The van der Waals surface area contributed by atoms with Crippen molar-refractivity contribution in [3.05, 3.63) is 48.5 Å². The van der Waals surface area contributed by atoms with Crippen LogP contribution < -0.4 is 11.1 Å². The Kier molecular flexibility index (Phi) is 5.95. The van der Waals surface area contributed by atoms with E-state index < -0.39 is 0 Å². The van der Waals surface area contributed by atoms with E-state index in [1.807, 2.05) is 12.1 Å². The molecule has 5 N–H and O–H groups in total. The zero-order chi connectivity index (χ0) is 15.8. The number of anilines is 2. The van der Waals surface area contributed by atoms with Gasteiger partial charge in [0.1, 0.15) is 11.5 Å². The molecule has 0 heterocycles. The van der Waals surface area contributed by atoms with Crippen LogP contribution in [0, 0.1) is 0 Å². The van der Waals surface area contributed by atoms with Crippen LogP contribution in [0.5, 0.6) is 11.5 Å². The third-order valence-corrected chi connectivity index (χ3v) is 3.74. The monoisotopic (exact) mass is 300 g/mol. The first-order chi connectivity index (χ1) is 10.6. The number of hydrogen-bond donors (Lipinski definition) is 4. The van der Waals surface area contributed by atoms with Crippen LogP contribution in [-0.2, 0) is 0 Å². The van der Waals surface area contributed by atoms with E-state index >= 15 is 0 Å². The van der Waals surface area contributed by atoms with Crippen LogP contribution in [0.25, 0.3) is 0 Å². The molecule has 2 aromatic rings. The summed E-state index contributed by atoms with van der Waals surface area (Å²) in [4.78, 5) is 0. The largest absolute Gasteiger partial charge is 0.508 e. The molecule has 22 heavy (non-hydrogen) atoms. The fraction of sp³-hybridized carbons (Fsp3) is 0.333. The van der Waals surface area contributed by atoms with E-state index in [-0.39, 0.29) is 5.75 Å². The van der Waals surface area contributed by atoms with Crippen molar-refractivity contribution >= 4 is 11.4 Å². The summed E-state index contributed by atoms with van der Waals surface area (Å²) in [5.41, 5.74) is 7.10. The Morgan fingerprint density at radius 3 is 1.77 bits per heavy atom. The second kappa shape index (κ2) is 8.17. The number of nitrogen functional groups attached to an aromatic ring is 1. The zero-order valence-electron chi connectivity index (χ0n) is 12.7. The van der Waals surface area contributed by atoms with Gasteiger partial charge in [-0.3, -0.25) is 0 Å². The third kappa shape index (κ3) is 5.56. The first-order valence-electron chi connectivity index (χ1n) is 7.73. The van der Waals surface area contributed by atoms with Gasteiger partial charge in [0.15, 0.2) is 0 Å². The van der Waals surface area contributed by atoms with Gasteiger partial charge < -0.3 is 21.3 Å². The summed E-state index contributed by atoms with van der Waals surface area (Å²) in [6.45, 7) is 0. The lowest BCUT2D eigenvalue weighted by molar-refractivity contribution is 0.462. The lowest BCUT2D eigenvalue weighted by Gasteiger charge is -2.23. The third-order valence-electron chi connectivity index (χ3n) is 3.74. The van der Waals surface area contributed by atoms with Crippen molar-refractivity contribution in [2.45, 2.75) is 38.1 Å². The maximum Gasteiger partial charge on any atom is 0.115 e. The van der Waals surface area contributed by atoms with Gasteiger partial charge in [-0.15, -0.1) is 0 Å². The highest BCUT2D eigenvalue weighted by molar-refractivity contribution is 5.46. The summed E-state index contributed by atoms with van der Waals surface area (Å²) in [7, 11) is 0. The minimum absolute atomic E-state index is 0.249. The highest BCUT2D eigenvalue weighted by Gasteiger charge is 2.12. The highest BCUT2D eigenvalue weighted by atomic mass is 16.3. The minimum Gasteiger partial charge on any atom is -0.508 e. The molecule has 0 spiro atoms. The average Bonchev–Trinajstić information content (AvgIpc) is 2.54. The summed E-state index contributed by atoms with van der Waals surface area (Å²) in [6.07, 6.45) is 6.63. The van der Waals surface area contributed by atoms with E-state index in [1.54, 1.807) is 36.4 Å². The average molecular weight is 300 g/mol. The summed E-state index contributed by atoms with van der Waals surface area (Å²) in [5.74, 6) is 0.582. The lowest BCUT2D eigenvalue weighted by Crippen LogP contribution is -2.21. The van der Waals surface area contributed by atoms with E-state index in [1.165, 1.54) is 32.1 Å². The van der Waals surface area contributed by atoms with Crippen molar-refractivity contribution in [3.63, 3.8) is 0 Å². The van der Waals surface area contributed by atoms with Gasteiger partial charge in [0.05, 0.1) is 0 Å². The predicted molar refractivity (Wildman–Crippen MR) is 91.1 cm³/mol. The molecule has 0 saturated heterocycles. The molecule has 0 bridgehead atoms. The number of phenolic OH excluding ortho intramolecular Hbond substituents is 2. The minimum atomic E-state index is 0.249. The Morgan fingerprint density at radius 2 is 1.27 bits per heavy atom. The number of phenols is 2. The SMILES string of the molecule is Nc1ccc(O)cc1.Oc1ccc(NC2CCCCC2)cc1. The van der Waals surface area contributed by atoms with Crippen LogP contribution in [0.4, 0.5) is 11.4 Å². The molecule has 118 valence electrons. The van der Waals surface area contributed by atoms with Gasteiger partial charge in [-0.2, -0.15) is 0 Å². The van der Waals surface area contributed by atoms with Crippen molar-refractivity contribution in [2.75, 3.05) is 11.1 Å². The Morgan fingerprint density at radius 1 is 0.773 bits per heavy atom. The van der Waals surface area contributed by atoms with E-state index in [0.29, 0.717) is 17.5 Å². The van der Waals surface area contributed by atoms with E-state index in [9.17, 15) is 0 Å². The summed E-state index contributed by atoms with van der Waals surface area (Å²) >= 11 is 0. The molecule has 0 radical (unpaired) electrons. The van der Waals surface area contributed by atoms with Gasteiger partial charge in [0, 0.05) is 17.4 Å². The fourth-order valence-corrected chi connectivity index (χ4v) is 2.51. The Labute approximate surface area is 131 Å². The quantitative estimate of drug-likeness (QED) is 0.497. The molecule has 0 amide bonds. The van der Waals surface area contributed by atoms with Crippen LogP contribution in [0.15, 0.2) is 48.5 Å². The zero-order valence-corrected chi connectivity index (χ0v) is 12.7. The van der Waals surface area contributed by atoms with Gasteiger partial charge in [-0.1, -0.05) is 19.3 Å². The molecule has 0 aromatic heterocycles. The van der Waals surface area contributed by atoms with Gasteiger partial charge >= 0.3 is 0 Å². The molecule has 3 rings (SSSR count). The number of nitrogens with two attached hydrogens (primary N) is 1. The van der Waals surface area contributed by atoms with Crippen LogP contribution in [0.2, 0.25) is 0 Å². The van der Waals surface area contributed by atoms with Crippen molar-refractivity contribution in [2.24, 2.45) is 0 Å². The number of rotatable bonds is 2. The summed E-state index contributed by atoms with van der Waals surface area (Å²) in [6, 6.07) is 14.4. The molecular weight excluding hydrogens is 276 g/mol. The normalized spacial score (nSPS) is 14.7. The number of hydrogen-bond acceptors (Lipinski definition) is 4. The van der Waals surface area contributed by atoms with Crippen molar-refractivity contribution < 1.29 is 10.2 Å². The summed E-state index contributed by atoms with van der Waals surface area (Å²) < 4.78 is 0. The topological polar surface area (TPSA) is 78.5 Å². The first kappa shape index (κ1) is 16.0. The maximum absolute atomic E-state index is 9.13. The number of nitrogens with one attached hydrogen (secondary N) is 1. The smallest absolute Gasteiger partial charge is 0.115 e. The second-order valence-electron chi connectivity index (χ2n) is 5.62. The number of benzene rings is 2. The van der Waals surface area contributed by atoms with Gasteiger partial charge in [0.2, 0.25) is 0 Å². The van der Waals surface area contributed by atoms with Crippen LogP contribution in [0.1, 0.15) is 32.1 Å². The van der Waals surface area contributed by atoms with Crippen molar-refractivity contribution in [1.29, 1.82) is 0 Å². The molecule has 0 unspecified atom stereocenters. The molecule has 1 fully saturated rings. The molecule has 1 aliphatic rings. The van der Waals surface area contributed by atoms with Crippen molar-refractivity contribution in [3.8, 4) is 11.5 Å². The highest BCUT2D eigenvalue weighted by Crippen LogP contribution is 2.22. The predicted octanol–water partition coefficient (Wildman–Crippen LogP) is 4.11. The van der Waals surface area contributed by atoms with E-state index in [0.717, 1.165) is 5.69 Å². The fourth-order valence-electron chi connectivity index (χ4n) is 2.51. The molecule has 0 aliphatic heterocycles. The molecule has 4 nitrogen and oxygen atoms in total. The van der Waals surface area contributed by atoms with Crippen LogP contribution >= 0.6 is 0 Å². The molecule has 4 heteroatoms. The van der Waals surface area contributed by atoms with Crippen LogP contribution in [-0.4, -0.2) is 16.3 Å². The Balaban J connectivity index is 0.000000188. The summed E-state index contributed by atoms with van der Waals surface area (Å²) in [5, 5.41) is 21.3. The standard InChI is InChI=1S/C12H17NO.C6H7NO/c14-12-8-6-11(7-9-12)13-10-4-2-1-3-5-10;7-5-1-3-6(8)4-2-5/h6-10,13-14H,1-5H2;1-4,8H,7H2. The molecule has 0 atom stereocenters. The molecular formula is C18H24N2O2. The van der Waals surface area contributed by atoms with E-state index in [4.69, 9.17) is 15.9 Å². The van der Waals surface area contributed by atoms with Gasteiger partial charge in [0.25, 0.3) is 0 Å². The van der Waals surface area contributed by atoms with Crippen molar-refractivity contribution in [1.82, 2.24) is 0 Å². The first-order valence-corrected chi connectivity index (χ1v) is 7.73. The Hall–Kier alpha value is -2.36. The Bertz CT molecular complexity index is 525. The van der Waals surface area contributed by atoms with Gasteiger partial charge in [-0.25, -0.2) is 0 Å². The maximum atomic E-state index is 9.13. The second-order valence-corrected chi connectivity index (χ2v) is 5.62. The molecule has 1 aliphatic carbocycles. The number of aromatic hydroxyl groups is 2. The lowest BCUT2D eigenvalue weighted by atomic mass is 9.95.